The third-order valence-electron chi connectivity index (χ3n) is 1.85. The highest BCUT2D eigenvalue weighted by Gasteiger charge is 2.33. The van der Waals surface area contributed by atoms with E-state index < -0.39 is 30.2 Å². The number of hydrogen-bond acceptors (Lipinski definition) is 6. The Bertz CT molecular complexity index is 346. The van der Waals surface area contributed by atoms with Gasteiger partial charge in [0.2, 0.25) is 0 Å². The molecule has 0 spiro atoms. The van der Waals surface area contributed by atoms with Crippen molar-refractivity contribution in [2.75, 3.05) is 0 Å². The highest BCUT2D eigenvalue weighted by molar-refractivity contribution is 6.02. The van der Waals surface area contributed by atoms with Crippen LogP contribution in [0.3, 0.4) is 0 Å². The Morgan fingerprint density at radius 1 is 1.18 bits per heavy atom. The van der Waals surface area contributed by atoms with Crippen LogP contribution in [0.25, 0.3) is 0 Å². The van der Waals surface area contributed by atoms with Crippen LogP contribution >= 0.6 is 0 Å². The lowest BCUT2D eigenvalue weighted by Gasteiger charge is -2.12. The van der Waals surface area contributed by atoms with E-state index in [1.807, 2.05) is 0 Å². The molecule has 0 unspecified atom stereocenters. The summed E-state index contributed by atoms with van der Waals surface area (Å²) in [4.78, 5) is 49.0. The van der Waals surface area contributed by atoms with Gasteiger partial charge in [-0.3, -0.25) is 14.4 Å². The summed E-state index contributed by atoms with van der Waals surface area (Å²) in [7, 11) is 0. The van der Waals surface area contributed by atoms with E-state index in [-0.39, 0.29) is 18.9 Å². The number of carbonyl (C=O) groups excluding carboxylic acids is 4. The number of esters is 1. The first-order valence-corrected chi connectivity index (χ1v) is 5.16. The fourth-order valence-corrected chi connectivity index (χ4v) is 1.21. The van der Waals surface area contributed by atoms with Crippen LogP contribution in [0.2, 0.25) is 0 Å². The number of amides is 2. The van der Waals surface area contributed by atoms with E-state index in [0.717, 1.165) is 0 Å². The molecule has 1 saturated heterocycles. The predicted octanol–water partition coefficient (Wildman–Crippen LogP) is -0.0647. The quantitative estimate of drug-likeness (QED) is 0.390. The number of nitrogens with zero attached hydrogens (tertiary/aromatic N) is 1. The van der Waals surface area contributed by atoms with Gasteiger partial charge in [0, 0.05) is 12.8 Å². The van der Waals surface area contributed by atoms with Crippen LogP contribution < -0.4 is 0 Å². The summed E-state index contributed by atoms with van der Waals surface area (Å²) in [6.45, 7) is 3.27. The molecular weight excluding hydrogens is 230 g/mol. The smallest absolute Gasteiger partial charge is 0.344 e. The maximum atomic E-state index is 11.2. The monoisotopic (exact) mass is 243 g/mol. The van der Waals surface area contributed by atoms with Gasteiger partial charge in [-0.1, -0.05) is 0 Å². The van der Waals surface area contributed by atoms with Gasteiger partial charge in [0.05, 0.1) is 6.10 Å². The largest absolute Gasteiger partial charge is 0.463 e. The van der Waals surface area contributed by atoms with Gasteiger partial charge in [0.25, 0.3) is 11.8 Å². The van der Waals surface area contributed by atoms with Crippen molar-refractivity contribution in [2.24, 2.45) is 0 Å². The Balaban J connectivity index is 2.42. The molecule has 2 amide bonds. The van der Waals surface area contributed by atoms with Gasteiger partial charge in [0.1, 0.15) is 6.42 Å². The van der Waals surface area contributed by atoms with Crippen LogP contribution in [0.5, 0.6) is 0 Å². The third-order valence-corrected chi connectivity index (χ3v) is 1.85. The van der Waals surface area contributed by atoms with E-state index in [9.17, 15) is 19.2 Å². The molecule has 7 heteroatoms. The van der Waals surface area contributed by atoms with Crippen molar-refractivity contribution < 1.29 is 28.8 Å². The number of hydrogen-bond donors (Lipinski definition) is 0. The first kappa shape index (κ1) is 13.1. The minimum Gasteiger partial charge on any atom is -0.463 e. The first-order valence-electron chi connectivity index (χ1n) is 5.16. The molecule has 0 aromatic heterocycles. The highest BCUT2D eigenvalue weighted by Crippen LogP contribution is 2.12. The summed E-state index contributed by atoms with van der Waals surface area (Å²) < 4.78 is 4.71. The van der Waals surface area contributed by atoms with Crippen molar-refractivity contribution >= 4 is 23.8 Å². The Hall–Kier alpha value is -1.92. The molecule has 1 rings (SSSR count). The fourth-order valence-electron chi connectivity index (χ4n) is 1.21. The molecule has 0 atom stereocenters. The Labute approximate surface area is 97.6 Å². The van der Waals surface area contributed by atoms with E-state index in [0.29, 0.717) is 5.06 Å². The zero-order valence-corrected chi connectivity index (χ0v) is 9.60. The fraction of sp³-hybridized carbons (Fsp3) is 0.600. The van der Waals surface area contributed by atoms with Crippen molar-refractivity contribution in [1.29, 1.82) is 0 Å². The number of ether oxygens (including phenoxy) is 1. The summed E-state index contributed by atoms with van der Waals surface area (Å²) in [5.41, 5.74) is 0. The lowest BCUT2D eigenvalue weighted by Crippen LogP contribution is -2.33. The Morgan fingerprint density at radius 3 is 2.18 bits per heavy atom. The number of rotatable bonds is 4. The molecule has 17 heavy (non-hydrogen) atoms. The molecule has 1 fully saturated rings. The summed E-state index contributed by atoms with van der Waals surface area (Å²) in [5, 5.41) is 0.394. The molecule has 7 nitrogen and oxygen atoms in total. The maximum Gasteiger partial charge on any atom is 0.344 e. The summed E-state index contributed by atoms with van der Waals surface area (Å²) >= 11 is 0. The van der Waals surface area contributed by atoms with Crippen LogP contribution in [0.15, 0.2) is 0 Å². The third kappa shape index (κ3) is 3.86. The summed E-state index contributed by atoms with van der Waals surface area (Å²) in [5.74, 6) is -2.91. The summed E-state index contributed by atoms with van der Waals surface area (Å²) in [6, 6.07) is 0. The minimum absolute atomic E-state index is 0.0164. The molecule has 0 radical (unpaired) electrons. The van der Waals surface area contributed by atoms with Gasteiger partial charge in [-0.2, -0.15) is 0 Å². The molecule has 0 aromatic carbocycles. The molecule has 94 valence electrons. The molecule has 1 heterocycles. The molecule has 1 aliphatic rings. The van der Waals surface area contributed by atoms with Crippen LogP contribution in [-0.2, 0) is 28.8 Å². The van der Waals surface area contributed by atoms with Crippen molar-refractivity contribution in [3.05, 3.63) is 0 Å². The Kier molecular flexibility index (Phi) is 4.19. The average molecular weight is 243 g/mol. The van der Waals surface area contributed by atoms with Crippen LogP contribution in [0, 0.1) is 0 Å². The molecule has 0 bridgehead atoms. The molecule has 0 aliphatic carbocycles. The van der Waals surface area contributed by atoms with E-state index in [2.05, 4.69) is 4.84 Å². The van der Waals surface area contributed by atoms with Crippen LogP contribution in [0.1, 0.15) is 33.1 Å². The van der Waals surface area contributed by atoms with E-state index in [4.69, 9.17) is 4.74 Å². The molecular formula is C10H13NO6. The number of imide groups is 1. The van der Waals surface area contributed by atoms with Crippen molar-refractivity contribution in [3.8, 4) is 0 Å². The second-order valence-corrected chi connectivity index (χ2v) is 3.76. The summed E-state index contributed by atoms with van der Waals surface area (Å²) in [6.07, 6.45) is -0.939. The topological polar surface area (TPSA) is 90.0 Å². The Morgan fingerprint density at radius 2 is 1.71 bits per heavy atom. The second-order valence-electron chi connectivity index (χ2n) is 3.76. The van der Waals surface area contributed by atoms with Crippen molar-refractivity contribution in [1.82, 2.24) is 5.06 Å². The zero-order chi connectivity index (χ0) is 13.0. The van der Waals surface area contributed by atoms with Crippen LogP contribution in [-0.4, -0.2) is 34.9 Å². The van der Waals surface area contributed by atoms with Crippen molar-refractivity contribution in [3.63, 3.8) is 0 Å². The molecule has 0 aromatic rings. The lowest BCUT2D eigenvalue weighted by molar-refractivity contribution is -0.198. The van der Waals surface area contributed by atoms with Crippen LogP contribution in [0.4, 0.5) is 0 Å². The maximum absolute atomic E-state index is 11.2. The normalized spacial score (nSPS) is 15.4. The van der Waals surface area contributed by atoms with Gasteiger partial charge in [-0.25, -0.2) is 4.79 Å². The van der Waals surface area contributed by atoms with E-state index >= 15 is 0 Å². The zero-order valence-electron chi connectivity index (χ0n) is 9.60. The second kappa shape index (κ2) is 5.42. The van der Waals surface area contributed by atoms with Gasteiger partial charge >= 0.3 is 11.9 Å². The van der Waals surface area contributed by atoms with Crippen molar-refractivity contribution in [2.45, 2.75) is 39.2 Å². The lowest BCUT2D eigenvalue weighted by atomic mass is 10.4. The molecule has 0 N–H and O–H groups in total. The molecule has 1 aliphatic heterocycles. The number of hydroxylamine groups is 2. The first-order chi connectivity index (χ1) is 7.90. The average Bonchev–Trinajstić information content (AvgIpc) is 2.47. The van der Waals surface area contributed by atoms with Gasteiger partial charge in [-0.15, -0.1) is 5.06 Å². The van der Waals surface area contributed by atoms with Gasteiger partial charge in [-0.05, 0) is 13.8 Å². The molecule has 0 saturated carbocycles. The van der Waals surface area contributed by atoms with Gasteiger partial charge in [0.15, 0.2) is 0 Å². The SMILES string of the molecule is CC(C)OC(=O)CC(=O)ON1C(=O)CCC1=O. The standard InChI is InChI=1S/C10H13NO6/c1-6(2)16-9(14)5-10(15)17-11-7(12)3-4-8(11)13/h6H,3-5H2,1-2H3. The van der Waals surface area contributed by atoms with E-state index in [1.54, 1.807) is 13.8 Å². The highest BCUT2D eigenvalue weighted by atomic mass is 16.7. The predicted molar refractivity (Wildman–Crippen MR) is 53.0 cm³/mol. The minimum atomic E-state index is -0.987. The van der Waals surface area contributed by atoms with Gasteiger partial charge < -0.3 is 9.57 Å². The van der Waals surface area contributed by atoms with E-state index in [1.165, 1.54) is 0 Å². The number of carbonyl (C=O) groups is 4.